The Hall–Kier alpha value is -1.78. The van der Waals surface area contributed by atoms with Crippen LogP contribution in [0.4, 0.5) is 0 Å². The minimum Gasteiger partial charge on any atom is -0.481 e. The number of sulfonamides is 1. The number of thiazole rings is 1. The summed E-state index contributed by atoms with van der Waals surface area (Å²) in [7, 11) is -3.67. The van der Waals surface area contributed by atoms with Crippen molar-refractivity contribution in [3.63, 3.8) is 0 Å². The van der Waals surface area contributed by atoms with E-state index in [9.17, 15) is 13.2 Å². The summed E-state index contributed by atoms with van der Waals surface area (Å²) < 4.78 is 27.6. The van der Waals surface area contributed by atoms with Crippen LogP contribution in [0.1, 0.15) is 12.1 Å². The fourth-order valence-corrected chi connectivity index (χ4v) is 2.90. The summed E-state index contributed by atoms with van der Waals surface area (Å²) in [4.78, 5) is 14.4. The monoisotopic (exact) mass is 316 g/mol. The number of hydrogen-bond acceptors (Lipinski definition) is 6. The molecule has 2 aromatic heterocycles. The Balaban J connectivity index is 2.00. The molecule has 0 spiro atoms. The lowest BCUT2D eigenvalue weighted by atomic mass is 10.4. The SMILES string of the molecule is O=C(O)CCn1cc(S(=O)(=O)NCc2cscn2)cn1. The Morgan fingerprint density at radius 3 is 2.95 bits per heavy atom. The first kappa shape index (κ1) is 14.6. The number of rotatable bonds is 7. The van der Waals surface area contributed by atoms with Gasteiger partial charge in [0.15, 0.2) is 0 Å². The van der Waals surface area contributed by atoms with Crippen molar-refractivity contribution < 1.29 is 18.3 Å². The highest BCUT2D eigenvalue weighted by Gasteiger charge is 2.16. The van der Waals surface area contributed by atoms with E-state index in [0.717, 1.165) is 0 Å². The van der Waals surface area contributed by atoms with Crippen LogP contribution in [0.25, 0.3) is 0 Å². The molecular weight excluding hydrogens is 304 g/mol. The Morgan fingerprint density at radius 1 is 1.50 bits per heavy atom. The highest BCUT2D eigenvalue weighted by atomic mass is 32.2. The van der Waals surface area contributed by atoms with Crippen LogP contribution in [0.3, 0.4) is 0 Å². The van der Waals surface area contributed by atoms with E-state index in [0.29, 0.717) is 5.69 Å². The number of aromatic nitrogens is 3. The van der Waals surface area contributed by atoms with Gasteiger partial charge < -0.3 is 5.11 Å². The van der Waals surface area contributed by atoms with Crippen molar-refractivity contribution in [1.82, 2.24) is 19.5 Å². The van der Waals surface area contributed by atoms with Crippen molar-refractivity contribution in [1.29, 1.82) is 0 Å². The van der Waals surface area contributed by atoms with Gasteiger partial charge >= 0.3 is 5.97 Å². The van der Waals surface area contributed by atoms with Crippen molar-refractivity contribution in [2.75, 3.05) is 0 Å². The van der Waals surface area contributed by atoms with Gasteiger partial charge in [-0.25, -0.2) is 18.1 Å². The van der Waals surface area contributed by atoms with Crippen molar-refractivity contribution in [3.05, 3.63) is 29.0 Å². The number of carbonyl (C=O) groups is 1. The Kier molecular flexibility index (Phi) is 4.47. The fourth-order valence-electron chi connectivity index (χ4n) is 1.39. The highest BCUT2D eigenvalue weighted by Crippen LogP contribution is 2.09. The van der Waals surface area contributed by atoms with Gasteiger partial charge in [0.25, 0.3) is 0 Å². The molecule has 0 saturated carbocycles. The van der Waals surface area contributed by atoms with Crippen LogP contribution in [0.2, 0.25) is 0 Å². The fraction of sp³-hybridized carbons (Fsp3) is 0.300. The van der Waals surface area contributed by atoms with Gasteiger partial charge in [-0.05, 0) is 0 Å². The normalized spacial score (nSPS) is 11.6. The summed E-state index contributed by atoms with van der Waals surface area (Å²) in [5.41, 5.74) is 2.25. The van der Waals surface area contributed by atoms with Crippen LogP contribution >= 0.6 is 11.3 Å². The number of aryl methyl sites for hydroxylation is 1. The Morgan fingerprint density at radius 2 is 2.30 bits per heavy atom. The first-order valence-corrected chi connectivity index (χ1v) is 8.01. The van der Waals surface area contributed by atoms with Crippen LogP contribution < -0.4 is 4.72 Å². The largest absolute Gasteiger partial charge is 0.481 e. The predicted octanol–water partition coefficient (Wildman–Crippen LogP) is 0.293. The second-order valence-corrected chi connectivity index (χ2v) is 6.37. The lowest BCUT2D eigenvalue weighted by molar-refractivity contribution is -0.137. The molecule has 0 radical (unpaired) electrons. The molecule has 0 unspecified atom stereocenters. The van der Waals surface area contributed by atoms with Crippen molar-refractivity contribution in [3.8, 4) is 0 Å². The van der Waals surface area contributed by atoms with Crippen LogP contribution in [-0.2, 0) is 27.9 Å². The van der Waals surface area contributed by atoms with Gasteiger partial charge in [0.2, 0.25) is 10.0 Å². The second kappa shape index (κ2) is 6.11. The van der Waals surface area contributed by atoms with E-state index in [1.54, 1.807) is 10.9 Å². The van der Waals surface area contributed by atoms with E-state index in [4.69, 9.17) is 5.11 Å². The van der Waals surface area contributed by atoms with E-state index in [1.165, 1.54) is 28.4 Å². The quantitative estimate of drug-likeness (QED) is 0.759. The molecule has 0 aliphatic carbocycles. The minimum absolute atomic E-state index is 0.00174. The second-order valence-electron chi connectivity index (χ2n) is 3.89. The molecule has 0 saturated heterocycles. The molecule has 108 valence electrons. The van der Waals surface area contributed by atoms with Crippen LogP contribution in [-0.4, -0.2) is 34.3 Å². The first-order chi connectivity index (χ1) is 9.47. The lowest BCUT2D eigenvalue weighted by Crippen LogP contribution is -2.23. The maximum absolute atomic E-state index is 12.0. The van der Waals surface area contributed by atoms with Gasteiger partial charge in [-0.15, -0.1) is 11.3 Å². The number of carboxylic acid groups (broad SMARTS) is 1. The third kappa shape index (κ3) is 3.85. The standard InChI is InChI=1S/C10H12N4O4S2/c15-10(16)1-2-14-5-9(4-12-14)20(17,18)13-3-8-6-19-7-11-8/h4-7,13H,1-3H2,(H,15,16). The van der Waals surface area contributed by atoms with Crippen molar-refractivity contribution >= 4 is 27.3 Å². The van der Waals surface area contributed by atoms with E-state index in [-0.39, 0.29) is 24.4 Å². The maximum Gasteiger partial charge on any atom is 0.305 e. The Bertz CT molecular complexity index is 678. The van der Waals surface area contributed by atoms with Gasteiger partial charge in [-0.3, -0.25) is 9.48 Å². The molecular formula is C10H12N4O4S2. The van der Waals surface area contributed by atoms with E-state index >= 15 is 0 Å². The van der Waals surface area contributed by atoms with Crippen molar-refractivity contribution in [2.24, 2.45) is 0 Å². The van der Waals surface area contributed by atoms with Crippen molar-refractivity contribution in [2.45, 2.75) is 24.4 Å². The summed E-state index contributed by atoms with van der Waals surface area (Å²) >= 11 is 1.38. The lowest BCUT2D eigenvalue weighted by Gasteiger charge is -2.02. The zero-order valence-electron chi connectivity index (χ0n) is 10.3. The van der Waals surface area contributed by atoms with Gasteiger partial charge in [-0.2, -0.15) is 5.10 Å². The molecule has 2 N–H and O–H groups in total. The molecule has 20 heavy (non-hydrogen) atoms. The zero-order valence-corrected chi connectivity index (χ0v) is 11.9. The third-order valence-corrected chi connectivity index (χ3v) is 4.39. The Labute approximate surface area is 119 Å². The molecule has 0 aliphatic rings. The molecule has 0 atom stereocenters. The summed E-state index contributed by atoms with van der Waals surface area (Å²) in [5.74, 6) is -0.966. The number of hydrogen-bond donors (Lipinski definition) is 2. The smallest absolute Gasteiger partial charge is 0.305 e. The molecule has 0 aromatic carbocycles. The molecule has 0 bridgehead atoms. The van der Waals surface area contributed by atoms with E-state index < -0.39 is 16.0 Å². The number of aliphatic carboxylic acids is 1. The maximum atomic E-state index is 12.0. The minimum atomic E-state index is -3.67. The van der Waals surface area contributed by atoms with Crippen LogP contribution in [0, 0.1) is 0 Å². The molecule has 0 aliphatic heterocycles. The summed E-state index contributed by atoms with van der Waals surface area (Å²) in [6.45, 7) is 0.225. The molecule has 10 heteroatoms. The molecule has 2 aromatic rings. The topological polar surface area (TPSA) is 114 Å². The first-order valence-electron chi connectivity index (χ1n) is 5.58. The zero-order chi connectivity index (χ0) is 14.6. The van der Waals surface area contributed by atoms with Gasteiger partial charge in [0, 0.05) is 11.6 Å². The van der Waals surface area contributed by atoms with Gasteiger partial charge in [-0.1, -0.05) is 0 Å². The average Bonchev–Trinajstić information content (AvgIpc) is 3.05. The van der Waals surface area contributed by atoms with Gasteiger partial charge in [0.1, 0.15) is 4.90 Å². The van der Waals surface area contributed by atoms with Crippen LogP contribution in [0.15, 0.2) is 28.2 Å². The molecule has 0 amide bonds. The van der Waals surface area contributed by atoms with Crippen LogP contribution in [0.5, 0.6) is 0 Å². The number of nitrogens with zero attached hydrogens (tertiary/aromatic N) is 3. The molecule has 2 rings (SSSR count). The highest BCUT2D eigenvalue weighted by molar-refractivity contribution is 7.89. The van der Waals surface area contributed by atoms with E-state index in [2.05, 4.69) is 14.8 Å². The average molecular weight is 316 g/mol. The molecule has 8 nitrogen and oxygen atoms in total. The van der Waals surface area contributed by atoms with Gasteiger partial charge in [0.05, 0.1) is 36.9 Å². The summed E-state index contributed by atoms with van der Waals surface area (Å²) in [6.07, 6.45) is 2.37. The third-order valence-electron chi connectivity index (χ3n) is 2.40. The van der Waals surface area contributed by atoms with E-state index in [1.807, 2.05) is 0 Å². The summed E-state index contributed by atoms with van der Waals surface area (Å²) in [5, 5.41) is 14.1. The molecule has 0 fully saturated rings. The predicted molar refractivity (Wildman–Crippen MR) is 70.6 cm³/mol. The summed E-state index contributed by atoms with van der Waals surface area (Å²) in [6, 6.07) is 0. The molecule has 2 heterocycles. The number of nitrogens with one attached hydrogen (secondary N) is 1. The number of carboxylic acids is 1.